The van der Waals surface area contributed by atoms with E-state index in [4.69, 9.17) is 21.3 Å². The predicted octanol–water partition coefficient (Wildman–Crippen LogP) is 0.995. The Morgan fingerprint density at radius 1 is 1.29 bits per heavy atom. The Kier molecular flexibility index (Phi) is 7.68. The van der Waals surface area contributed by atoms with Crippen LogP contribution in [0.1, 0.15) is 12.8 Å². The number of urea groups is 1. The second kappa shape index (κ2) is 9.77. The van der Waals surface area contributed by atoms with Crippen LogP contribution in [0.15, 0.2) is 39.5 Å². The predicted molar refractivity (Wildman–Crippen MR) is 87.4 cm³/mol. The lowest BCUT2D eigenvalue weighted by molar-refractivity contribution is -0.139. The number of rotatable bonds is 8. The molecule has 0 heterocycles. The molecular weight excluding hydrogens is 316 g/mol. The molecule has 10 heteroatoms. The largest absolute Gasteiger partial charge is 0.497 e. The third kappa shape index (κ3) is 7.20. The molecule has 6 N–H and O–H groups in total. The van der Waals surface area contributed by atoms with E-state index in [2.05, 4.69) is 20.5 Å². The average molecular weight is 336 g/mol. The molecular formula is C14H20N6O4. The van der Waals surface area contributed by atoms with Crippen LogP contribution in [0.3, 0.4) is 0 Å². The molecule has 0 radical (unpaired) electrons. The Morgan fingerprint density at radius 2 is 1.96 bits per heavy atom. The van der Waals surface area contributed by atoms with Gasteiger partial charge >= 0.3 is 12.0 Å². The van der Waals surface area contributed by atoms with Crippen molar-refractivity contribution in [2.24, 2.45) is 26.7 Å². The van der Waals surface area contributed by atoms with E-state index in [0.717, 1.165) is 0 Å². The zero-order valence-electron chi connectivity index (χ0n) is 13.2. The molecule has 0 aliphatic rings. The van der Waals surface area contributed by atoms with Crippen molar-refractivity contribution in [3.05, 3.63) is 24.3 Å². The minimum absolute atomic E-state index is 0.0702. The van der Waals surface area contributed by atoms with Crippen molar-refractivity contribution in [3.8, 4) is 5.75 Å². The van der Waals surface area contributed by atoms with Gasteiger partial charge < -0.3 is 26.6 Å². The lowest BCUT2D eigenvalue weighted by Gasteiger charge is -2.11. The first-order valence-electron chi connectivity index (χ1n) is 7.07. The summed E-state index contributed by atoms with van der Waals surface area (Å²) < 4.78 is 4.99. The van der Waals surface area contributed by atoms with Gasteiger partial charge in [0.1, 0.15) is 11.8 Å². The number of nitrogens with zero attached hydrogens (tertiary/aromatic N) is 3. The summed E-state index contributed by atoms with van der Waals surface area (Å²) in [6.07, 6.45) is 0.556. The van der Waals surface area contributed by atoms with Crippen LogP contribution in [0.2, 0.25) is 0 Å². The third-order valence-electron chi connectivity index (χ3n) is 2.87. The van der Waals surface area contributed by atoms with Gasteiger partial charge in [-0.05, 0) is 37.1 Å². The number of methoxy groups -OCH3 is 1. The summed E-state index contributed by atoms with van der Waals surface area (Å²) in [5.41, 5.74) is 10.8. The SMILES string of the molecule is COc1ccc(N=NC(=O)N[C@@H](CCCN=C(N)N)C(=O)O)cc1. The Bertz CT molecular complexity index is 610. The molecule has 0 aromatic heterocycles. The molecule has 0 aliphatic heterocycles. The van der Waals surface area contributed by atoms with E-state index < -0.39 is 18.0 Å². The molecule has 0 fully saturated rings. The number of carboxylic acid groups (broad SMARTS) is 1. The van der Waals surface area contributed by atoms with Gasteiger partial charge in [-0.15, -0.1) is 5.11 Å². The number of hydrogen-bond donors (Lipinski definition) is 4. The number of amides is 2. The summed E-state index contributed by atoms with van der Waals surface area (Å²) in [5, 5.41) is 18.5. The zero-order chi connectivity index (χ0) is 17.9. The van der Waals surface area contributed by atoms with E-state index in [0.29, 0.717) is 17.9 Å². The summed E-state index contributed by atoms with van der Waals surface area (Å²) in [6, 6.07) is 4.60. The van der Waals surface area contributed by atoms with Crippen molar-refractivity contribution < 1.29 is 19.4 Å². The second-order valence-electron chi connectivity index (χ2n) is 4.69. The molecule has 0 aliphatic carbocycles. The van der Waals surface area contributed by atoms with E-state index in [9.17, 15) is 9.59 Å². The van der Waals surface area contributed by atoms with Gasteiger partial charge in [0.15, 0.2) is 5.96 Å². The number of aliphatic carboxylic acids is 1. The minimum atomic E-state index is -1.17. The molecule has 2 amide bonds. The summed E-state index contributed by atoms with van der Waals surface area (Å²) in [6.45, 7) is 0.273. The van der Waals surface area contributed by atoms with Gasteiger partial charge in [0, 0.05) is 6.54 Å². The topological polar surface area (TPSA) is 165 Å². The van der Waals surface area contributed by atoms with Gasteiger partial charge in [-0.1, -0.05) is 5.11 Å². The zero-order valence-corrected chi connectivity index (χ0v) is 13.2. The fourth-order valence-electron chi connectivity index (χ4n) is 1.69. The molecule has 1 rings (SSSR count). The smallest absolute Gasteiger partial charge is 0.360 e. The summed E-state index contributed by atoms with van der Waals surface area (Å²) in [4.78, 5) is 26.5. The van der Waals surface area contributed by atoms with Crippen molar-refractivity contribution in [1.29, 1.82) is 0 Å². The molecule has 0 saturated heterocycles. The standard InChI is InChI=1S/C14H20N6O4/c1-24-10-6-4-9(5-7-10)19-20-14(23)18-11(12(21)22)3-2-8-17-13(15)16/h4-7,11H,2-3,8H2,1H3,(H,18,23)(H,21,22)(H4,15,16,17)/t11-/m0/s1. The Balaban J connectivity index is 2.53. The summed E-state index contributed by atoms with van der Waals surface area (Å²) >= 11 is 0. The molecule has 0 bridgehead atoms. The van der Waals surface area contributed by atoms with E-state index in [-0.39, 0.29) is 18.9 Å². The van der Waals surface area contributed by atoms with Crippen LogP contribution < -0.4 is 21.5 Å². The van der Waals surface area contributed by atoms with Crippen LogP contribution in [-0.4, -0.2) is 42.8 Å². The lowest BCUT2D eigenvalue weighted by atomic mass is 10.1. The summed E-state index contributed by atoms with van der Waals surface area (Å²) in [5.74, 6) is -0.600. The highest BCUT2D eigenvalue weighted by Crippen LogP contribution is 2.17. The molecule has 1 atom stereocenters. The van der Waals surface area contributed by atoms with Gasteiger partial charge in [-0.2, -0.15) is 0 Å². The highest BCUT2D eigenvalue weighted by molar-refractivity contribution is 5.82. The Hall–Kier alpha value is -3.17. The van der Waals surface area contributed by atoms with Gasteiger partial charge in [0.25, 0.3) is 0 Å². The number of azo groups is 1. The maximum Gasteiger partial charge on any atom is 0.360 e. The van der Waals surface area contributed by atoms with Crippen LogP contribution >= 0.6 is 0 Å². The van der Waals surface area contributed by atoms with Crippen LogP contribution in [-0.2, 0) is 4.79 Å². The normalized spacial score (nSPS) is 11.7. The van der Waals surface area contributed by atoms with Crippen molar-refractivity contribution >= 4 is 23.6 Å². The number of carbonyl (C=O) groups excluding carboxylic acids is 1. The number of hydrogen-bond acceptors (Lipinski definition) is 5. The van der Waals surface area contributed by atoms with Gasteiger partial charge in [0.05, 0.1) is 12.8 Å². The van der Waals surface area contributed by atoms with Crippen molar-refractivity contribution in [2.75, 3.05) is 13.7 Å². The van der Waals surface area contributed by atoms with E-state index in [1.807, 2.05) is 0 Å². The highest BCUT2D eigenvalue weighted by Gasteiger charge is 2.19. The van der Waals surface area contributed by atoms with Gasteiger partial charge in [-0.25, -0.2) is 9.59 Å². The fraction of sp³-hybridized carbons (Fsp3) is 0.357. The quantitative estimate of drug-likeness (QED) is 0.239. The number of carbonyl (C=O) groups is 2. The van der Waals surface area contributed by atoms with Crippen molar-refractivity contribution in [3.63, 3.8) is 0 Å². The van der Waals surface area contributed by atoms with E-state index in [1.165, 1.54) is 7.11 Å². The molecule has 130 valence electrons. The van der Waals surface area contributed by atoms with Crippen molar-refractivity contribution in [1.82, 2.24) is 5.32 Å². The summed E-state index contributed by atoms with van der Waals surface area (Å²) in [7, 11) is 1.53. The van der Waals surface area contributed by atoms with Crippen LogP contribution in [0.5, 0.6) is 5.75 Å². The lowest BCUT2D eigenvalue weighted by Crippen LogP contribution is -2.39. The highest BCUT2D eigenvalue weighted by atomic mass is 16.5. The Labute approximate surface area is 138 Å². The monoisotopic (exact) mass is 336 g/mol. The third-order valence-corrected chi connectivity index (χ3v) is 2.87. The fourth-order valence-corrected chi connectivity index (χ4v) is 1.69. The first-order chi connectivity index (χ1) is 11.4. The van der Waals surface area contributed by atoms with Crippen LogP contribution in [0, 0.1) is 0 Å². The van der Waals surface area contributed by atoms with E-state index in [1.54, 1.807) is 24.3 Å². The number of carboxylic acids is 1. The maximum absolute atomic E-state index is 11.7. The number of benzene rings is 1. The second-order valence-corrected chi connectivity index (χ2v) is 4.69. The average Bonchev–Trinajstić information content (AvgIpc) is 2.55. The number of guanidine groups is 1. The molecule has 0 spiro atoms. The van der Waals surface area contributed by atoms with E-state index >= 15 is 0 Å². The Morgan fingerprint density at radius 3 is 2.50 bits per heavy atom. The maximum atomic E-state index is 11.7. The number of nitrogens with two attached hydrogens (primary N) is 2. The molecule has 1 aromatic rings. The van der Waals surface area contributed by atoms with Crippen molar-refractivity contribution in [2.45, 2.75) is 18.9 Å². The molecule has 24 heavy (non-hydrogen) atoms. The van der Waals surface area contributed by atoms with Gasteiger partial charge in [0.2, 0.25) is 0 Å². The minimum Gasteiger partial charge on any atom is -0.497 e. The number of nitrogens with one attached hydrogen (secondary N) is 1. The van der Waals surface area contributed by atoms with Crippen LogP contribution in [0.25, 0.3) is 0 Å². The molecule has 10 nitrogen and oxygen atoms in total. The molecule has 0 unspecified atom stereocenters. The number of ether oxygens (including phenoxy) is 1. The molecule has 1 aromatic carbocycles. The molecule has 0 saturated carbocycles. The first kappa shape index (κ1) is 18.9. The number of aliphatic imine (C=N–C) groups is 1. The van der Waals surface area contributed by atoms with Gasteiger partial charge in [-0.3, -0.25) is 4.99 Å². The van der Waals surface area contributed by atoms with Crippen LogP contribution in [0.4, 0.5) is 10.5 Å². The first-order valence-corrected chi connectivity index (χ1v) is 7.07.